The molecular formula is C23H25NO5. The molecule has 1 aliphatic heterocycles. The SMILES string of the molecule is CC(C)COc1ccc(C2=C(O)C(=O)N(c3ccccc3OC(C)C)C2=O)cc1. The number of amides is 2. The molecule has 2 aromatic carbocycles. The molecule has 0 aliphatic carbocycles. The fraction of sp³-hybridized carbons (Fsp3) is 0.304. The lowest BCUT2D eigenvalue weighted by atomic mass is 10.1. The first-order valence-corrected chi connectivity index (χ1v) is 9.60. The zero-order valence-electron chi connectivity index (χ0n) is 17.0. The standard InChI is InChI=1S/C23H25NO5/c1-14(2)13-28-17-11-9-16(10-12-17)20-21(25)23(27)24(22(20)26)18-7-5-6-8-19(18)29-15(3)4/h5-12,14-15,25H,13H2,1-4H3. The molecule has 0 atom stereocenters. The van der Waals surface area contributed by atoms with Gasteiger partial charge < -0.3 is 14.6 Å². The van der Waals surface area contributed by atoms with Crippen molar-refractivity contribution < 1.29 is 24.2 Å². The Hall–Kier alpha value is -3.28. The predicted molar refractivity (Wildman–Crippen MR) is 111 cm³/mol. The molecule has 1 aliphatic rings. The molecule has 2 amide bonds. The number of para-hydroxylation sites is 2. The molecule has 0 unspecified atom stereocenters. The number of aliphatic hydroxyl groups is 1. The van der Waals surface area contributed by atoms with Crippen LogP contribution in [0.1, 0.15) is 33.3 Å². The van der Waals surface area contributed by atoms with Crippen molar-refractivity contribution in [2.75, 3.05) is 11.5 Å². The Kier molecular flexibility index (Phi) is 5.92. The molecule has 0 saturated heterocycles. The van der Waals surface area contributed by atoms with Crippen LogP contribution >= 0.6 is 0 Å². The number of carbonyl (C=O) groups is 2. The second-order valence-electron chi connectivity index (χ2n) is 7.53. The van der Waals surface area contributed by atoms with Crippen LogP contribution in [0.3, 0.4) is 0 Å². The van der Waals surface area contributed by atoms with Crippen molar-refractivity contribution in [3.05, 3.63) is 59.9 Å². The van der Waals surface area contributed by atoms with E-state index in [1.54, 1.807) is 48.5 Å². The average Bonchev–Trinajstić information content (AvgIpc) is 2.89. The third kappa shape index (κ3) is 4.26. The van der Waals surface area contributed by atoms with Gasteiger partial charge in [0, 0.05) is 0 Å². The Morgan fingerprint density at radius 3 is 2.21 bits per heavy atom. The zero-order valence-corrected chi connectivity index (χ0v) is 17.0. The molecule has 3 rings (SSSR count). The number of anilines is 1. The highest BCUT2D eigenvalue weighted by atomic mass is 16.5. The van der Waals surface area contributed by atoms with Gasteiger partial charge in [-0.2, -0.15) is 0 Å². The van der Waals surface area contributed by atoms with Crippen LogP contribution in [-0.4, -0.2) is 29.6 Å². The number of benzene rings is 2. The van der Waals surface area contributed by atoms with Crippen molar-refractivity contribution in [3.63, 3.8) is 0 Å². The number of carbonyl (C=O) groups excluding carboxylic acids is 2. The Morgan fingerprint density at radius 2 is 1.59 bits per heavy atom. The van der Waals surface area contributed by atoms with Crippen LogP contribution < -0.4 is 14.4 Å². The Morgan fingerprint density at radius 1 is 0.931 bits per heavy atom. The van der Waals surface area contributed by atoms with Crippen LogP contribution in [-0.2, 0) is 9.59 Å². The predicted octanol–water partition coefficient (Wildman–Crippen LogP) is 4.35. The van der Waals surface area contributed by atoms with E-state index in [2.05, 4.69) is 13.8 Å². The summed E-state index contributed by atoms with van der Waals surface area (Å²) in [6.07, 6.45) is -0.136. The number of hydrogen-bond donors (Lipinski definition) is 1. The lowest BCUT2D eigenvalue weighted by molar-refractivity contribution is -0.121. The topological polar surface area (TPSA) is 76.1 Å². The van der Waals surface area contributed by atoms with Crippen LogP contribution in [0, 0.1) is 5.92 Å². The molecule has 1 heterocycles. The van der Waals surface area contributed by atoms with Gasteiger partial charge in [-0.1, -0.05) is 38.1 Å². The van der Waals surface area contributed by atoms with E-state index in [9.17, 15) is 14.7 Å². The molecule has 0 bridgehead atoms. The van der Waals surface area contributed by atoms with Gasteiger partial charge in [0.25, 0.3) is 5.91 Å². The monoisotopic (exact) mass is 395 g/mol. The summed E-state index contributed by atoms with van der Waals surface area (Å²) in [4.78, 5) is 26.7. The van der Waals surface area contributed by atoms with Crippen molar-refractivity contribution in [1.29, 1.82) is 0 Å². The highest BCUT2D eigenvalue weighted by molar-refractivity contribution is 6.45. The zero-order chi connectivity index (χ0) is 21.1. The van der Waals surface area contributed by atoms with Crippen LogP contribution in [0.25, 0.3) is 5.57 Å². The van der Waals surface area contributed by atoms with Gasteiger partial charge in [0.1, 0.15) is 11.5 Å². The summed E-state index contributed by atoms with van der Waals surface area (Å²) in [5.74, 6) is -0.502. The summed E-state index contributed by atoms with van der Waals surface area (Å²) in [5.41, 5.74) is 0.710. The second kappa shape index (κ2) is 8.39. The van der Waals surface area contributed by atoms with E-state index in [4.69, 9.17) is 9.47 Å². The van der Waals surface area contributed by atoms with E-state index in [-0.39, 0.29) is 11.7 Å². The molecule has 1 N–H and O–H groups in total. The van der Waals surface area contributed by atoms with E-state index in [0.717, 1.165) is 4.90 Å². The summed E-state index contributed by atoms with van der Waals surface area (Å²) >= 11 is 0. The Balaban J connectivity index is 1.90. The fourth-order valence-electron chi connectivity index (χ4n) is 2.97. The van der Waals surface area contributed by atoms with Crippen LogP contribution in [0.4, 0.5) is 5.69 Å². The molecule has 0 spiro atoms. The molecule has 0 fully saturated rings. The quantitative estimate of drug-likeness (QED) is 0.706. The van der Waals surface area contributed by atoms with Gasteiger partial charge in [0.15, 0.2) is 5.76 Å². The molecular weight excluding hydrogens is 370 g/mol. The second-order valence-corrected chi connectivity index (χ2v) is 7.53. The Bertz CT molecular complexity index is 944. The third-order valence-electron chi connectivity index (χ3n) is 4.25. The minimum absolute atomic E-state index is 0.0373. The summed E-state index contributed by atoms with van der Waals surface area (Å²) in [6.45, 7) is 8.39. The smallest absolute Gasteiger partial charge is 0.301 e. The first kappa shape index (κ1) is 20.5. The number of hydrogen-bond acceptors (Lipinski definition) is 5. The van der Waals surface area contributed by atoms with Crippen molar-refractivity contribution in [2.24, 2.45) is 5.92 Å². The van der Waals surface area contributed by atoms with E-state index in [0.29, 0.717) is 35.3 Å². The first-order valence-electron chi connectivity index (χ1n) is 9.60. The van der Waals surface area contributed by atoms with Crippen molar-refractivity contribution >= 4 is 23.1 Å². The van der Waals surface area contributed by atoms with Gasteiger partial charge in [0.05, 0.1) is 24.0 Å². The van der Waals surface area contributed by atoms with E-state index < -0.39 is 17.6 Å². The number of aliphatic hydroxyl groups excluding tert-OH is 1. The molecule has 6 nitrogen and oxygen atoms in total. The van der Waals surface area contributed by atoms with Crippen molar-refractivity contribution in [2.45, 2.75) is 33.8 Å². The molecule has 2 aromatic rings. The minimum atomic E-state index is -0.773. The van der Waals surface area contributed by atoms with Gasteiger partial charge in [-0.3, -0.25) is 9.59 Å². The molecule has 152 valence electrons. The number of nitrogens with zero attached hydrogens (tertiary/aromatic N) is 1. The Labute approximate surface area is 170 Å². The highest BCUT2D eigenvalue weighted by Gasteiger charge is 2.41. The molecule has 0 aromatic heterocycles. The number of imide groups is 1. The third-order valence-corrected chi connectivity index (χ3v) is 4.25. The number of ether oxygens (including phenoxy) is 2. The largest absolute Gasteiger partial charge is 0.502 e. The fourth-order valence-corrected chi connectivity index (χ4v) is 2.97. The highest BCUT2D eigenvalue weighted by Crippen LogP contribution is 2.37. The lowest BCUT2D eigenvalue weighted by Gasteiger charge is -2.20. The summed E-state index contributed by atoms with van der Waals surface area (Å²) in [7, 11) is 0. The lowest BCUT2D eigenvalue weighted by Crippen LogP contribution is -2.32. The molecule has 6 heteroatoms. The van der Waals surface area contributed by atoms with Crippen molar-refractivity contribution in [3.8, 4) is 11.5 Å². The van der Waals surface area contributed by atoms with Crippen LogP contribution in [0.5, 0.6) is 11.5 Å². The molecule has 0 radical (unpaired) electrons. The van der Waals surface area contributed by atoms with Crippen LogP contribution in [0.15, 0.2) is 54.3 Å². The maximum atomic E-state index is 13.1. The number of rotatable bonds is 7. The van der Waals surface area contributed by atoms with Gasteiger partial charge in [0.2, 0.25) is 0 Å². The van der Waals surface area contributed by atoms with Gasteiger partial charge in [-0.25, -0.2) is 4.90 Å². The maximum Gasteiger partial charge on any atom is 0.301 e. The maximum absolute atomic E-state index is 13.1. The van der Waals surface area contributed by atoms with E-state index in [1.807, 2.05) is 13.8 Å². The van der Waals surface area contributed by atoms with Gasteiger partial charge in [-0.05, 0) is 49.6 Å². The van der Waals surface area contributed by atoms with Crippen LogP contribution in [0.2, 0.25) is 0 Å². The van der Waals surface area contributed by atoms with Gasteiger partial charge in [-0.15, -0.1) is 0 Å². The molecule has 0 saturated carbocycles. The summed E-state index contributed by atoms with van der Waals surface area (Å²) in [6, 6.07) is 13.5. The molecule has 29 heavy (non-hydrogen) atoms. The minimum Gasteiger partial charge on any atom is -0.502 e. The van der Waals surface area contributed by atoms with Crippen molar-refractivity contribution in [1.82, 2.24) is 0 Å². The summed E-state index contributed by atoms with van der Waals surface area (Å²) < 4.78 is 11.4. The van der Waals surface area contributed by atoms with E-state index >= 15 is 0 Å². The van der Waals surface area contributed by atoms with Gasteiger partial charge >= 0.3 is 5.91 Å². The summed E-state index contributed by atoms with van der Waals surface area (Å²) in [5, 5.41) is 10.4. The van der Waals surface area contributed by atoms with E-state index in [1.165, 1.54) is 0 Å². The normalized spacial score (nSPS) is 14.3. The average molecular weight is 395 g/mol. The first-order chi connectivity index (χ1) is 13.8.